The Kier molecular flexibility index (Phi) is 3.25. The highest BCUT2D eigenvalue weighted by molar-refractivity contribution is 5.85. The third-order valence-corrected chi connectivity index (χ3v) is 3.33. The molecule has 0 saturated heterocycles. The highest BCUT2D eigenvalue weighted by atomic mass is 16.4. The molecule has 0 fully saturated rings. The summed E-state index contributed by atoms with van der Waals surface area (Å²) in [7, 11) is 0. The normalized spacial score (nSPS) is 10.8. The first kappa shape index (κ1) is 12.5. The largest absolute Gasteiger partial charge is 0.508 e. The van der Waals surface area contributed by atoms with Crippen molar-refractivity contribution in [3.05, 3.63) is 76.3 Å². The summed E-state index contributed by atoms with van der Waals surface area (Å²) in [6.07, 6.45) is 1.34. The number of benzene rings is 2. The van der Waals surface area contributed by atoms with E-state index < -0.39 is 5.63 Å². The van der Waals surface area contributed by atoms with Crippen LogP contribution in [-0.4, -0.2) is 5.11 Å². The summed E-state index contributed by atoms with van der Waals surface area (Å²) in [5.41, 5.74) is 0.687. The molecule has 3 aromatic rings. The molecule has 3 heteroatoms. The minimum Gasteiger partial charge on any atom is -0.508 e. The Bertz CT molecular complexity index is 797. The number of fused-ring (bicyclic) bond motifs is 1. The van der Waals surface area contributed by atoms with E-state index >= 15 is 0 Å². The molecule has 0 bridgehead atoms. The van der Waals surface area contributed by atoms with Crippen molar-refractivity contribution in [1.29, 1.82) is 0 Å². The van der Waals surface area contributed by atoms with Gasteiger partial charge in [0.15, 0.2) is 0 Å². The Balaban J connectivity index is 1.88. The van der Waals surface area contributed by atoms with Gasteiger partial charge in [-0.2, -0.15) is 0 Å². The molecule has 100 valence electrons. The summed E-state index contributed by atoms with van der Waals surface area (Å²) in [6, 6.07) is 16.9. The lowest BCUT2D eigenvalue weighted by molar-refractivity contribution is 0.423. The second-order valence-corrected chi connectivity index (χ2v) is 4.74. The second kappa shape index (κ2) is 5.21. The molecule has 3 nitrogen and oxygen atoms in total. The topological polar surface area (TPSA) is 50.4 Å². The van der Waals surface area contributed by atoms with Gasteiger partial charge in [-0.1, -0.05) is 42.5 Å². The van der Waals surface area contributed by atoms with Crippen molar-refractivity contribution < 1.29 is 9.52 Å². The molecule has 0 amide bonds. The second-order valence-electron chi connectivity index (χ2n) is 4.74. The first-order valence-corrected chi connectivity index (χ1v) is 6.52. The first-order valence-electron chi connectivity index (χ1n) is 6.52. The van der Waals surface area contributed by atoms with E-state index in [0.717, 1.165) is 12.5 Å². The van der Waals surface area contributed by atoms with Crippen LogP contribution < -0.4 is 5.63 Å². The molecule has 0 atom stereocenters. The maximum atomic E-state index is 11.2. The van der Waals surface area contributed by atoms with Crippen LogP contribution in [0.1, 0.15) is 11.3 Å². The SMILES string of the molecule is O=c1cc(O)cc(CCc2cccc3ccccc23)o1. The predicted molar refractivity (Wildman–Crippen MR) is 78.0 cm³/mol. The van der Waals surface area contributed by atoms with Crippen molar-refractivity contribution in [1.82, 2.24) is 0 Å². The van der Waals surface area contributed by atoms with E-state index in [-0.39, 0.29) is 5.75 Å². The van der Waals surface area contributed by atoms with Crippen molar-refractivity contribution in [2.45, 2.75) is 12.8 Å². The number of rotatable bonds is 3. The Morgan fingerprint density at radius 1 is 0.950 bits per heavy atom. The zero-order chi connectivity index (χ0) is 13.9. The standard InChI is InChI=1S/C17H14O3/c18-14-10-15(20-17(19)11-14)9-8-13-6-3-5-12-4-1-2-7-16(12)13/h1-7,10-11,18H,8-9H2. The van der Waals surface area contributed by atoms with E-state index in [2.05, 4.69) is 24.3 Å². The Hall–Kier alpha value is -2.55. The molecular formula is C17H14O3. The van der Waals surface area contributed by atoms with Gasteiger partial charge in [-0.3, -0.25) is 0 Å². The molecule has 0 aliphatic rings. The van der Waals surface area contributed by atoms with Crippen LogP contribution >= 0.6 is 0 Å². The molecule has 20 heavy (non-hydrogen) atoms. The molecule has 3 rings (SSSR count). The van der Waals surface area contributed by atoms with E-state index in [9.17, 15) is 9.90 Å². The Labute approximate surface area is 116 Å². The average molecular weight is 266 g/mol. The molecule has 0 unspecified atom stereocenters. The summed E-state index contributed by atoms with van der Waals surface area (Å²) >= 11 is 0. The monoisotopic (exact) mass is 266 g/mol. The lowest BCUT2D eigenvalue weighted by Crippen LogP contribution is -2.00. The minimum atomic E-state index is -0.516. The molecule has 2 aromatic carbocycles. The van der Waals surface area contributed by atoms with Gasteiger partial charge in [0.1, 0.15) is 11.5 Å². The minimum absolute atomic E-state index is 0.0471. The summed E-state index contributed by atoms with van der Waals surface area (Å²) < 4.78 is 5.08. The van der Waals surface area contributed by atoms with Crippen LogP contribution in [0.4, 0.5) is 0 Å². The summed E-state index contributed by atoms with van der Waals surface area (Å²) in [5, 5.41) is 11.8. The van der Waals surface area contributed by atoms with Crippen LogP contribution in [0, 0.1) is 0 Å². The molecule has 1 aromatic heterocycles. The lowest BCUT2D eigenvalue weighted by Gasteiger charge is -2.06. The summed E-state index contributed by atoms with van der Waals surface area (Å²) in [6.45, 7) is 0. The maximum absolute atomic E-state index is 11.2. The van der Waals surface area contributed by atoms with Crippen LogP contribution in [0.15, 0.2) is 63.8 Å². The summed E-state index contributed by atoms with van der Waals surface area (Å²) in [4.78, 5) is 11.2. The molecule has 0 radical (unpaired) electrons. The van der Waals surface area contributed by atoms with E-state index in [4.69, 9.17) is 4.42 Å². The molecular weight excluding hydrogens is 252 g/mol. The molecule has 1 heterocycles. The Morgan fingerprint density at radius 2 is 1.75 bits per heavy atom. The van der Waals surface area contributed by atoms with Crippen LogP contribution in [0.3, 0.4) is 0 Å². The first-order chi connectivity index (χ1) is 9.72. The van der Waals surface area contributed by atoms with Crippen molar-refractivity contribution >= 4 is 10.8 Å². The maximum Gasteiger partial charge on any atom is 0.339 e. The fraction of sp³-hybridized carbons (Fsp3) is 0.118. The fourth-order valence-electron chi connectivity index (χ4n) is 2.41. The van der Waals surface area contributed by atoms with Crippen molar-refractivity contribution in [2.75, 3.05) is 0 Å². The van der Waals surface area contributed by atoms with Gasteiger partial charge in [-0.15, -0.1) is 0 Å². The predicted octanol–water partition coefficient (Wildman–Crippen LogP) is 3.28. The average Bonchev–Trinajstić information content (AvgIpc) is 2.44. The van der Waals surface area contributed by atoms with Crippen LogP contribution in [0.5, 0.6) is 5.75 Å². The smallest absolute Gasteiger partial charge is 0.339 e. The van der Waals surface area contributed by atoms with E-state index in [1.165, 1.54) is 22.4 Å². The van der Waals surface area contributed by atoms with Crippen LogP contribution in [0.2, 0.25) is 0 Å². The summed E-state index contributed by atoms with van der Waals surface area (Å²) in [5.74, 6) is 0.456. The molecule has 0 saturated carbocycles. The van der Waals surface area contributed by atoms with Crippen molar-refractivity contribution in [3.8, 4) is 5.75 Å². The van der Waals surface area contributed by atoms with Gasteiger partial charge in [0, 0.05) is 12.5 Å². The zero-order valence-corrected chi connectivity index (χ0v) is 10.9. The van der Waals surface area contributed by atoms with Gasteiger partial charge in [0.25, 0.3) is 0 Å². The van der Waals surface area contributed by atoms with Crippen LogP contribution in [-0.2, 0) is 12.8 Å². The van der Waals surface area contributed by atoms with Gasteiger partial charge >= 0.3 is 5.63 Å². The number of aryl methyl sites for hydroxylation is 2. The van der Waals surface area contributed by atoms with Gasteiger partial charge in [-0.05, 0) is 22.8 Å². The quantitative estimate of drug-likeness (QED) is 0.791. The number of aromatic hydroxyl groups is 1. The fourth-order valence-corrected chi connectivity index (χ4v) is 2.41. The Morgan fingerprint density at radius 3 is 2.60 bits per heavy atom. The number of hydrogen-bond donors (Lipinski definition) is 1. The van der Waals surface area contributed by atoms with Crippen molar-refractivity contribution in [3.63, 3.8) is 0 Å². The van der Waals surface area contributed by atoms with E-state index in [0.29, 0.717) is 12.2 Å². The van der Waals surface area contributed by atoms with E-state index in [1.54, 1.807) is 0 Å². The highest BCUT2D eigenvalue weighted by Crippen LogP contribution is 2.20. The molecule has 0 aliphatic carbocycles. The third kappa shape index (κ3) is 2.57. The van der Waals surface area contributed by atoms with E-state index in [1.807, 2.05) is 18.2 Å². The van der Waals surface area contributed by atoms with Crippen LogP contribution in [0.25, 0.3) is 10.8 Å². The van der Waals surface area contributed by atoms with Gasteiger partial charge in [0.2, 0.25) is 0 Å². The molecule has 0 spiro atoms. The number of hydrogen-bond acceptors (Lipinski definition) is 3. The molecule has 1 N–H and O–H groups in total. The van der Waals surface area contributed by atoms with Gasteiger partial charge in [-0.25, -0.2) is 4.79 Å². The van der Waals surface area contributed by atoms with Gasteiger partial charge in [0.05, 0.1) is 6.07 Å². The zero-order valence-electron chi connectivity index (χ0n) is 10.9. The van der Waals surface area contributed by atoms with Gasteiger partial charge < -0.3 is 9.52 Å². The van der Waals surface area contributed by atoms with Crippen molar-refractivity contribution in [2.24, 2.45) is 0 Å². The lowest BCUT2D eigenvalue weighted by atomic mass is 10.0. The molecule has 0 aliphatic heterocycles. The third-order valence-electron chi connectivity index (χ3n) is 3.33. The highest BCUT2D eigenvalue weighted by Gasteiger charge is 2.04.